The minimum absolute atomic E-state index is 0.540. The number of aliphatic hydroxyl groups is 1. The van der Waals surface area contributed by atoms with Crippen LogP contribution in [-0.2, 0) is 0 Å². The second-order valence-corrected chi connectivity index (χ2v) is 5.58. The fourth-order valence-electron chi connectivity index (χ4n) is 1.61. The van der Waals surface area contributed by atoms with Crippen LogP contribution in [-0.4, -0.2) is 21.7 Å². The molecule has 0 amide bonds. The smallest absolute Gasteiger partial charge is 0.137 e. The summed E-state index contributed by atoms with van der Waals surface area (Å²) in [5, 5.41) is 10.4. The Labute approximate surface area is 128 Å². The van der Waals surface area contributed by atoms with Gasteiger partial charge in [-0.25, -0.2) is 0 Å². The summed E-state index contributed by atoms with van der Waals surface area (Å²) in [6, 6.07) is 3.60. The fourth-order valence-corrected chi connectivity index (χ4v) is 2.82. The van der Waals surface area contributed by atoms with Gasteiger partial charge < -0.3 is 9.84 Å². The van der Waals surface area contributed by atoms with Crippen molar-refractivity contribution in [2.75, 3.05) is 6.61 Å². The highest BCUT2D eigenvalue weighted by Gasteiger charge is 2.16. The molecule has 0 radical (unpaired) electrons. The maximum atomic E-state index is 10.4. The largest absolute Gasteiger partial charge is 0.492 e. The number of hydrogen-bond donors (Lipinski definition) is 1. The normalized spacial score (nSPS) is 12.2. The van der Waals surface area contributed by atoms with E-state index >= 15 is 0 Å². The molecule has 1 N–H and O–H groups in total. The summed E-state index contributed by atoms with van der Waals surface area (Å²) in [6.07, 6.45) is 4.01. The summed E-state index contributed by atoms with van der Waals surface area (Å²) in [7, 11) is 0. The molecule has 0 aromatic carbocycles. The zero-order valence-electron chi connectivity index (χ0n) is 10.2. The van der Waals surface area contributed by atoms with Crippen LogP contribution in [0.1, 0.15) is 24.3 Å². The van der Waals surface area contributed by atoms with E-state index in [-0.39, 0.29) is 0 Å². The molecule has 1 atom stereocenters. The van der Waals surface area contributed by atoms with E-state index in [1.54, 1.807) is 24.7 Å². The van der Waals surface area contributed by atoms with Crippen LogP contribution in [0.5, 0.6) is 5.75 Å². The van der Waals surface area contributed by atoms with Gasteiger partial charge >= 0.3 is 0 Å². The summed E-state index contributed by atoms with van der Waals surface area (Å²) >= 11 is 6.72. The van der Waals surface area contributed by atoms with Crippen LogP contribution in [0, 0.1) is 0 Å². The summed E-state index contributed by atoms with van der Waals surface area (Å²) in [5.74, 6) is 0.632. The number of ether oxygens (including phenoxy) is 1. The molecule has 100 valence electrons. The van der Waals surface area contributed by atoms with Crippen molar-refractivity contribution < 1.29 is 9.84 Å². The molecule has 0 aliphatic carbocycles. The van der Waals surface area contributed by atoms with Crippen molar-refractivity contribution in [1.29, 1.82) is 0 Å². The van der Waals surface area contributed by atoms with Crippen LogP contribution in [0.3, 0.4) is 0 Å². The van der Waals surface area contributed by atoms with E-state index in [1.807, 2.05) is 13.0 Å². The third kappa shape index (κ3) is 3.52. The molecular weight excluding hydrogens is 376 g/mol. The molecule has 6 heteroatoms. The minimum atomic E-state index is -0.851. The van der Waals surface area contributed by atoms with Crippen LogP contribution in [0.15, 0.2) is 39.7 Å². The molecule has 0 aliphatic heterocycles. The SMILES string of the molecule is CCOc1cncc(C(O)c2ncc(Br)cc2Br)c1. The summed E-state index contributed by atoms with van der Waals surface area (Å²) in [4.78, 5) is 8.28. The standard InChI is InChI=1S/C13H12Br2N2O2/c1-2-19-10-3-8(5-16-7-10)13(18)12-11(15)4-9(14)6-17-12/h3-7,13,18H,2H2,1H3. The van der Waals surface area contributed by atoms with E-state index in [4.69, 9.17) is 4.74 Å². The predicted molar refractivity (Wildman–Crippen MR) is 79.1 cm³/mol. The zero-order valence-corrected chi connectivity index (χ0v) is 13.3. The van der Waals surface area contributed by atoms with Crippen molar-refractivity contribution in [3.05, 3.63) is 50.9 Å². The van der Waals surface area contributed by atoms with Gasteiger partial charge in [0.05, 0.1) is 18.5 Å². The Morgan fingerprint density at radius 1 is 1.26 bits per heavy atom. The first-order valence-corrected chi connectivity index (χ1v) is 7.27. The molecule has 0 fully saturated rings. The molecular formula is C13H12Br2N2O2. The van der Waals surface area contributed by atoms with Crippen LogP contribution >= 0.6 is 31.9 Å². The van der Waals surface area contributed by atoms with E-state index in [0.717, 1.165) is 8.95 Å². The first-order valence-electron chi connectivity index (χ1n) is 5.68. The Balaban J connectivity index is 2.32. The van der Waals surface area contributed by atoms with Crippen molar-refractivity contribution in [2.24, 2.45) is 0 Å². The Morgan fingerprint density at radius 2 is 2.05 bits per heavy atom. The Hall–Kier alpha value is -0.980. The van der Waals surface area contributed by atoms with Gasteiger partial charge in [0.2, 0.25) is 0 Å². The molecule has 0 saturated heterocycles. The molecule has 2 aromatic heterocycles. The van der Waals surface area contributed by atoms with E-state index in [0.29, 0.717) is 23.6 Å². The quantitative estimate of drug-likeness (QED) is 0.872. The van der Waals surface area contributed by atoms with Crippen molar-refractivity contribution in [3.8, 4) is 5.75 Å². The van der Waals surface area contributed by atoms with Gasteiger partial charge in [-0.3, -0.25) is 9.97 Å². The van der Waals surface area contributed by atoms with Crippen LogP contribution in [0.4, 0.5) is 0 Å². The van der Waals surface area contributed by atoms with Gasteiger partial charge in [-0.05, 0) is 50.9 Å². The predicted octanol–water partition coefficient (Wildman–Crippen LogP) is 3.48. The fraction of sp³-hybridized carbons (Fsp3) is 0.231. The molecule has 2 rings (SSSR count). The summed E-state index contributed by atoms with van der Waals surface area (Å²) in [5.41, 5.74) is 1.18. The van der Waals surface area contributed by atoms with Gasteiger partial charge in [0, 0.05) is 26.9 Å². The van der Waals surface area contributed by atoms with Crippen molar-refractivity contribution >= 4 is 31.9 Å². The number of hydrogen-bond acceptors (Lipinski definition) is 4. The topological polar surface area (TPSA) is 55.2 Å². The highest BCUT2D eigenvalue weighted by atomic mass is 79.9. The van der Waals surface area contributed by atoms with Crippen molar-refractivity contribution in [2.45, 2.75) is 13.0 Å². The molecule has 0 saturated carbocycles. The zero-order chi connectivity index (χ0) is 13.8. The highest BCUT2D eigenvalue weighted by molar-refractivity contribution is 9.11. The number of rotatable bonds is 4. The van der Waals surface area contributed by atoms with Crippen molar-refractivity contribution in [3.63, 3.8) is 0 Å². The number of halogens is 2. The van der Waals surface area contributed by atoms with Crippen molar-refractivity contribution in [1.82, 2.24) is 9.97 Å². The molecule has 0 bridgehead atoms. The Bertz CT molecular complexity index is 578. The maximum absolute atomic E-state index is 10.4. The Kier molecular flexibility index (Phi) is 4.90. The first-order chi connectivity index (χ1) is 9.11. The second kappa shape index (κ2) is 6.45. The molecule has 0 spiro atoms. The summed E-state index contributed by atoms with van der Waals surface area (Å²) in [6.45, 7) is 2.46. The monoisotopic (exact) mass is 386 g/mol. The number of nitrogens with zero attached hydrogens (tertiary/aromatic N) is 2. The van der Waals surface area contributed by atoms with Gasteiger partial charge in [0.25, 0.3) is 0 Å². The number of aromatic nitrogens is 2. The molecule has 1 unspecified atom stereocenters. The van der Waals surface area contributed by atoms with Crippen LogP contribution < -0.4 is 4.74 Å². The van der Waals surface area contributed by atoms with Crippen LogP contribution in [0.2, 0.25) is 0 Å². The van der Waals surface area contributed by atoms with Gasteiger partial charge in [-0.1, -0.05) is 0 Å². The lowest BCUT2D eigenvalue weighted by Crippen LogP contribution is -2.04. The van der Waals surface area contributed by atoms with Gasteiger partial charge in [0.1, 0.15) is 11.9 Å². The van der Waals surface area contributed by atoms with E-state index in [1.165, 1.54) is 0 Å². The first kappa shape index (κ1) is 14.4. The number of aliphatic hydroxyl groups excluding tert-OH is 1. The third-order valence-electron chi connectivity index (χ3n) is 2.46. The summed E-state index contributed by atoms with van der Waals surface area (Å²) < 4.78 is 6.95. The number of pyridine rings is 2. The van der Waals surface area contributed by atoms with Gasteiger partial charge in [-0.15, -0.1) is 0 Å². The van der Waals surface area contributed by atoms with Gasteiger partial charge in [-0.2, -0.15) is 0 Å². The minimum Gasteiger partial charge on any atom is -0.492 e. The highest BCUT2D eigenvalue weighted by Crippen LogP contribution is 2.29. The van der Waals surface area contributed by atoms with E-state index in [2.05, 4.69) is 41.8 Å². The third-order valence-corrected chi connectivity index (χ3v) is 3.53. The average molecular weight is 388 g/mol. The van der Waals surface area contributed by atoms with Crippen LogP contribution in [0.25, 0.3) is 0 Å². The lowest BCUT2D eigenvalue weighted by Gasteiger charge is -2.13. The maximum Gasteiger partial charge on any atom is 0.137 e. The lowest BCUT2D eigenvalue weighted by molar-refractivity contribution is 0.213. The molecule has 19 heavy (non-hydrogen) atoms. The Morgan fingerprint density at radius 3 is 2.74 bits per heavy atom. The second-order valence-electron chi connectivity index (χ2n) is 3.81. The van der Waals surface area contributed by atoms with E-state index < -0.39 is 6.10 Å². The van der Waals surface area contributed by atoms with Gasteiger partial charge in [0.15, 0.2) is 0 Å². The molecule has 2 aromatic rings. The average Bonchev–Trinajstić information content (AvgIpc) is 2.39. The molecule has 4 nitrogen and oxygen atoms in total. The molecule has 2 heterocycles. The lowest BCUT2D eigenvalue weighted by atomic mass is 10.1. The van der Waals surface area contributed by atoms with E-state index in [9.17, 15) is 5.11 Å². The molecule has 0 aliphatic rings.